The summed E-state index contributed by atoms with van der Waals surface area (Å²) in [7, 11) is 0. The number of rotatable bonds is 4. The van der Waals surface area contributed by atoms with Gasteiger partial charge < -0.3 is 5.32 Å². The summed E-state index contributed by atoms with van der Waals surface area (Å²) in [6, 6.07) is 5.38. The fraction of sp³-hybridized carbons (Fsp3) is 0.267. The molecule has 0 fully saturated rings. The van der Waals surface area contributed by atoms with Gasteiger partial charge in [-0.2, -0.15) is 0 Å². The van der Waals surface area contributed by atoms with Gasteiger partial charge in [-0.1, -0.05) is 23.8 Å². The minimum absolute atomic E-state index is 0.0671. The topological polar surface area (TPSA) is 29.1 Å². The predicted octanol–water partition coefficient (Wildman–Crippen LogP) is 4.30. The van der Waals surface area contributed by atoms with Crippen LogP contribution in [0.1, 0.15) is 28.8 Å². The maximum atomic E-state index is 12.0. The average Bonchev–Trinajstić information content (AvgIpc) is 2.38. The molecule has 0 spiro atoms. The highest BCUT2D eigenvalue weighted by Gasteiger charge is 2.07. The molecule has 0 radical (unpaired) electrons. The monoisotopic (exact) mass is 293 g/mol. The molecule has 1 amide bonds. The molecular formula is C15H16ClNOS. The summed E-state index contributed by atoms with van der Waals surface area (Å²) in [6.45, 7) is 2.58. The van der Waals surface area contributed by atoms with Crippen molar-refractivity contribution in [2.45, 2.75) is 19.8 Å². The Hall–Kier alpha value is -1.19. The molecule has 19 heavy (non-hydrogen) atoms. The van der Waals surface area contributed by atoms with Gasteiger partial charge in [-0.05, 0) is 53.8 Å². The van der Waals surface area contributed by atoms with Crippen LogP contribution >= 0.6 is 23.4 Å². The number of aryl methyl sites for hydroxylation is 1. The van der Waals surface area contributed by atoms with Crippen molar-refractivity contribution in [3.63, 3.8) is 0 Å². The molecule has 0 saturated heterocycles. The molecule has 1 aromatic carbocycles. The van der Waals surface area contributed by atoms with Crippen LogP contribution in [0.15, 0.2) is 40.7 Å². The van der Waals surface area contributed by atoms with Crippen molar-refractivity contribution in [1.82, 2.24) is 5.32 Å². The van der Waals surface area contributed by atoms with Gasteiger partial charge in [0.15, 0.2) is 0 Å². The molecule has 0 aliphatic carbocycles. The Morgan fingerprint density at radius 2 is 2.26 bits per heavy atom. The number of nitrogens with one attached hydrogen (secondary N) is 1. The molecule has 1 aliphatic rings. The van der Waals surface area contributed by atoms with Gasteiger partial charge in [-0.3, -0.25) is 4.79 Å². The molecule has 0 aromatic heterocycles. The lowest BCUT2D eigenvalue weighted by atomic mass is 10.1. The van der Waals surface area contributed by atoms with Gasteiger partial charge in [0, 0.05) is 17.1 Å². The Morgan fingerprint density at radius 3 is 2.95 bits per heavy atom. The van der Waals surface area contributed by atoms with Crippen LogP contribution in [-0.4, -0.2) is 12.5 Å². The van der Waals surface area contributed by atoms with Gasteiger partial charge in [-0.15, -0.1) is 11.8 Å². The molecule has 1 aliphatic heterocycles. The summed E-state index contributed by atoms with van der Waals surface area (Å²) in [5, 5.41) is 5.62. The number of carbonyl (C=O) groups excluding carboxylic acids is 1. The molecule has 100 valence electrons. The number of allylic oxidation sites excluding steroid dienone is 2. The SMILES string of the molecule is Cc1cc(Cl)cc(C(=O)NCCC2=CCC=CS2)c1. The van der Waals surface area contributed by atoms with Gasteiger partial charge in [0.1, 0.15) is 0 Å². The fourth-order valence-electron chi connectivity index (χ4n) is 1.87. The summed E-state index contributed by atoms with van der Waals surface area (Å²) in [5.74, 6) is -0.0671. The van der Waals surface area contributed by atoms with Crippen molar-refractivity contribution in [3.05, 3.63) is 56.8 Å². The van der Waals surface area contributed by atoms with Crippen molar-refractivity contribution in [2.75, 3.05) is 6.54 Å². The van der Waals surface area contributed by atoms with Crippen molar-refractivity contribution in [3.8, 4) is 0 Å². The van der Waals surface area contributed by atoms with Crippen LogP contribution in [0.4, 0.5) is 0 Å². The fourth-order valence-corrected chi connectivity index (χ4v) is 2.95. The smallest absolute Gasteiger partial charge is 0.251 e. The van der Waals surface area contributed by atoms with E-state index in [1.165, 1.54) is 4.91 Å². The first-order chi connectivity index (χ1) is 9.15. The van der Waals surface area contributed by atoms with Crippen molar-refractivity contribution < 1.29 is 4.79 Å². The maximum absolute atomic E-state index is 12.0. The second kappa shape index (κ2) is 6.83. The summed E-state index contributed by atoms with van der Waals surface area (Å²) in [5.41, 5.74) is 1.61. The Bertz CT molecular complexity index is 517. The molecule has 0 bridgehead atoms. The van der Waals surface area contributed by atoms with Crippen LogP contribution in [0, 0.1) is 6.92 Å². The van der Waals surface area contributed by atoms with Gasteiger partial charge in [0.2, 0.25) is 0 Å². The van der Waals surface area contributed by atoms with Crippen LogP contribution in [0.5, 0.6) is 0 Å². The highest BCUT2D eigenvalue weighted by Crippen LogP contribution is 2.24. The number of halogens is 1. The van der Waals surface area contributed by atoms with E-state index < -0.39 is 0 Å². The van der Waals surface area contributed by atoms with E-state index in [0.717, 1.165) is 18.4 Å². The molecule has 0 unspecified atom stereocenters. The minimum Gasteiger partial charge on any atom is -0.352 e. The number of amides is 1. The van der Waals surface area contributed by atoms with E-state index in [-0.39, 0.29) is 5.91 Å². The van der Waals surface area contributed by atoms with E-state index in [2.05, 4.69) is 22.9 Å². The van der Waals surface area contributed by atoms with Gasteiger partial charge in [0.25, 0.3) is 5.91 Å². The van der Waals surface area contributed by atoms with Crippen molar-refractivity contribution in [1.29, 1.82) is 0 Å². The number of thioether (sulfide) groups is 1. The number of hydrogen-bond acceptors (Lipinski definition) is 2. The van der Waals surface area contributed by atoms with Gasteiger partial charge in [-0.25, -0.2) is 0 Å². The van der Waals surface area contributed by atoms with Crippen LogP contribution in [-0.2, 0) is 0 Å². The van der Waals surface area contributed by atoms with E-state index >= 15 is 0 Å². The van der Waals surface area contributed by atoms with E-state index in [1.807, 2.05) is 19.1 Å². The zero-order chi connectivity index (χ0) is 13.7. The molecule has 2 nitrogen and oxygen atoms in total. The van der Waals surface area contributed by atoms with Crippen LogP contribution in [0.25, 0.3) is 0 Å². The van der Waals surface area contributed by atoms with E-state index in [1.54, 1.807) is 17.8 Å². The Kier molecular flexibility index (Phi) is 5.11. The minimum atomic E-state index is -0.0671. The largest absolute Gasteiger partial charge is 0.352 e. The van der Waals surface area contributed by atoms with E-state index in [9.17, 15) is 4.79 Å². The first kappa shape index (κ1) is 14.2. The first-order valence-electron chi connectivity index (χ1n) is 6.21. The molecule has 1 aromatic rings. The standard InChI is InChI=1S/C15H16ClNOS/c1-11-8-12(10-13(16)9-11)15(18)17-6-5-14-4-2-3-7-19-14/h3-4,7-10H,2,5-6H2,1H3,(H,17,18). The summed E-state index contributed by atoms with van der Waals surface area (Å²) < 4.78 is 0. The molecule has 1 heterocycles. The summed E-state index contributed by atoms with van der Waals surface area (Å²) in [4.78, 5) is 13.3. The molecular weight excluding hydrogens is 278 g/mol. The van der Waals surface area contributed by atoms with Crippen LogP contribution < -0.4 is 5.32 Å². The Morgan fingerprint density at radius 1 is 1.42 bits per heavy atom. The highest BCUT2D eigenvalue weighted by atomic mass is 35.5. The molecule has 2 rings (SSSR count). The lowest BCUT2D eigenvalue weighted by Gasteiger charge is -2.09. The van der Waals surface area contributed by atoms with Crippen LogP contribution in [0.2, 0.25) is 5.02 Å². The average molecular weight is 294 g/mol. The van der Waals surface area contributed by atoms with Crippen molar-refractivity contribution >= 4 is 29.3 Å². The molecule has 1 N–H and O–H groups in total. The number of carbonyl (C=O) groups is 1. The molecule has 4 heteroatoms. The molecule has 0 saturated carbocycles. The third kappa shape index (κ3) is 4.44. The van der Waals surface area contributed by atoms with Gasteiger partial charge in [0.05, 0.1) is 0 Å². The highest BCUT2D eigenvalue weighted by molar-refractivity contribution is 8.05. The zero-order valence-electron chi connectivity index (χ0n) is 10.8. The van der Waals surface area contributed by atoms with Crippen LogP contribution in [0.3, 0.4) is 0 Å². The lowest BCUT2D eigenvalue weighted by Crippen LogP contribution is -2.24. The first-order valence-corrected chi connectivity index (χ1v) is 7.47. The molecule has 0 atom stereocenters. The zero-order valence-corrected chi connectivity index (χ0v) is 12.4. The number of benzene rings is 1. The normalized spacial score (nSPS) is 14.1. The summed E-state index contributed by atoms with van der Waals surface area (Å²) >= 11 is 7.67. The maximum Gasteiger partial charge on any atom is 0.251 e. The lowest BCUT2D eigenvalue weighted by molar-refractivity contribution is 0.0954. The predicted molar refractivity (Wildman–Crippen MR) is 82.6 cm³/mol. The summed E-state index contributed by atoms with van der Waals surface area (Å²) in [6.07, 6.45) is 6.19. The second-order valence-corrected chi connectivity index (χ2v) is 5.89. The third-order valence-electron chi connectivity index (χ3n) is 2.76. The second-order valence-electron chi connectivity index (χ2n) is 4.42. The van der Waals surface area contributed by atoms with E-state index in [0.29, 0.717) is 17.1 Å². The van der Waals surface area contributed by atoms with E-state index in [4.69, 9.17) is 11.6 Å². The third-order valence-corrected chi connectivity index (χ3v) is 3.98. The Balaban J connectivity index is 1.85. The van der Waals surface area contributed by atoms with Crippen molar-refractivity contribution in [2.24, 2.45) is 0 Å². The van der Waals surface area contributed by atoms with Gasteiger partial charge >= 0.3 is 0 Å². The Labute approximate surface area is 122 Å². The quantitative estimate of drug-likeness (QED) is 0.896. The number of hydrogen-bond donors (Lipinski definition) is 1.